The Bertz CT molecular complexity index is 692. The monoisotopic (exact) mass is 310 g/mol. The molecule has 0 radical (unpaired) electrons. The Balaban J connectivity index is 1.77. The minimum absolute atomic E-state index is 0.0878. The number of hydrogen-bond acceptors (Lipinski definition) is 2. The zero-order chi connectivity index (χ0) is 16.4. The molecule has 3 N–H and O–H groups in total. The van der Waals surface area contributed by atoms with Crippen LogP contribution in [0.1, 0.15) is 44.6 Å². The maximum absolute atomic E-state index is 12.7. The first-order valence-electron chi connectivity index (χ1n) is 8.64. The molecule has 3 heteroatoms. The molecule has 2 unspecified atom stereocenters. The van der Waals surface area contributed by atoms with Gasteiger partial charge in [0.1, 0.15) is 0 Å². The molecule has 0 aromatic heterocycles. The highest BCUT2D eigenvalue weighted by atomic mass is 16.2. The van der Waals surface area contributed by atoms with Gasteiger partial charge in [-0.3, -0.25) is 4.79 Å². The van der Waals surface area contributed by atoms with Gasteiger partial charge in [0.2, 0.25) is 5.91 Å². The van der Waals surface area contributed by atoms with Crippen molar-refractivity contribution in [2.24, 2.45) is 11.7 Å². The molecular weight excluding hydrogens is 284 g/mol. The first-order valence-corrected chi connectivity index (χ1v) is 8.64. The van der Waals surface area contributed by atoms with Gasteiger partial charge in [-0.1, -0.05) is 56.3 Å². The van der Waals surface area contributed by atoms with Crippen LogP contribution >= 0.6 is 0 Å². The van der Waals surface area contributed by atoms with Crippen LogP contribution in [0.5, 0.6) is 0 Å². The van der Waals surface area contributed by atoms with Crippen LogP contribution < -0.4 is 11.1 Å². The molecule has 0 spiro atoms. The number of nitrogens with one attached hydrogen (secondary N) is 1. The van der Waals surface area contributed by atoms with Gasteiger partial charge in [-0.2, -0.15) is 0 Å². The van der Waals surface area contributed by atoms with E-state index in [1.807, 2.05) is 0 Å². The van der Waals surface area contributed by atoms with Gasteiger partial charge in [-0.15, -0.1) is 0 Å². The average molecular weight is 310 g/mol. The highest BCUT2D eigenvalue weighted by Gasteiger charge is 2.46. The van der Waals surface area contributed by atoms with Crippen molar-refractivity contribution in [1.29, 1.82) is 0 Å². The van der Waals surface area contributed by atoms with Crippen LogP contribution in [0.4, 0.5) is 0 Å². The number of carbonyl (C=O) groups excluding carboxylic acids is 1. The topological polar surface area (TPSA) is 55.1 Å². The van der Waals surface area contributed by atoms with Crippen molar-refractivity contribution in [3.63, 3.8) is 0 Å². The molecule has 23 heavy (non-hydrogen) atoms. The zero-order valence-electron chi connectivity index (χ0n) is 14.0. The normalized spacial score (nSPS) is 20.5. The van der Waals surface area contributed by atoms with Crippen molar-refractivity contribution >= 4 is 16.7 Å². The van der Waals surface area contributed by atoms with Crippen LogP contribution in [0.15, 0.2) is 42.5 Å². The van der Waals surface area contributed by atoms with E-state index >= 15 is 0 Å². The van der Waals surface area contributed by atoms with E-state index in [-0.39, 0.29) is 17.4 Å². The number of fused-ring (bicyclic) bond motifs is 1. The Kier molecular flexibility index (Phi) is 4.40. The van der Waals surface area contributed by atoms with Gasteiger partial charge in [0.25, 0.3) is 0 Å². The Morgan fingerprint density at radius 2 is 1.87 bits per heavy atom. The lowest BCUT2D eigenvalue weighted by Gasteiger charge is -2.31. The molecule has 2 aromatic rings. The van der Waals surface area contributed by atoms with Gasteiger partial charge in [0.15, 0.2) is 0 Å². The number of carbonyl (C=O) groups is 1. The van der Waals surface area contributed by atoms with E-state index in [9.17, 15) is 4.79 Å². The minimum atomic E-state index is -0.247. The molecule has 1 aliphatic carbocycles. The highest BCUT2D eigenvalue weighted by molar-refractivity contribution is 5.89. The second kappa shape index (κ2) is 6.32. The number of nitrogens with two attached hydrogens (primary N) is 1. The van der Waals surface area contributed by atoms with Crippen molar-refractivity contribution in [2.75, 3.05) is 6.54 Å². The SMILES string of the molecule is CCC(CC)(CN)NC(=O)C1CC1c1cccc2ccccc12. The summed E-state index contributed by atoms with van der Waals surface area (Å²) >= 11 is 0. The summed E-state index contributed by atoms with van der Waals surface area (Å²) < 4.78 is 0. The Morgan fingerprint density at radius 3 is 2.57 bits per heavy atom. The third kappa shape index (κ3) is 2.98. The van der Waals surface area contributed by atoms with Crippen molar-refractivity contribution in [3.05, 3.63) is 48.0 Å². The third-order valence-corrected chi connectivity index (χ3v) is 5.48. The van der Waals surface area contributed by atoms with E-state index in [1.54, 1.807) is 0 Å². The van der Waals surface area contributed by atoms with E-state index in [1.165, 1.54) is 16.3 Å². The van der Waals surface area contributed by atoms with Crippen LogP contribution in [-0.4, -0.2) is 18.0 Å². The largest absolute Gasteiger partial charge is 0.349 e. The average Bonchev–Trinajstić information content (AvgIpc) is 3.40. The fourth-order valence-electron chi connectivity index (χ4n) is 3.52. The molecule has 1 aliphatic rings. The summed E-state index contributed by atoms with van der Waals surface area (Å²) in [5, 5.41) is 5.74. The summed E-state index contributed by atoms with van der Waals surface area (Å²) in [6.45, 7) is 4.68. The first-order chi connectivity index (χ1) is 11.1. The molecule has 0 aliphatic heterocycles. The number of rotatable bonds is 6. The Hall–Kier alpha value is -1.87. The van der Waals surface area contributed by atoms with Crippen molar-refractivity contribution in [2.45, 2.75) is 44.6 Å². The Labute approximate surface area is 138 Å². The summed E-state index contributed by atoms with van der Waals surface area (Å²) in [6, 6.07) is 14.8. The number of amides is 1. The lowest BCUT2D eigenvalue weighted by Crippen LogP contribution is -2.53. The lowest BCUT2D eigenvalue weighted by atomic mass is 9.92. The second-order valence-electron chi connectivity index (χ2n) is 6.70. The first kappa shape index (κ1) is 16.0. The molecule has 0 saturated heterocycles. The quantitative estimate of drug-likeness (QED) is 0.857. The molecular formula is C20H26N2O. The molecule has 3 nitrogen and oxygen atoms in total. The third-order valence-electron chi connectivity index (χ3n) is 5.48. The van der Waals surface area contributed by atoms with E-state index < -0.39 is 0 Å². The molecule has 1 amide bonds. The zero-order valence-corrected chi connectivity index (χ0v) is 14.0. The molecule has 3 rings (SSSR count). The fourth-order valence-corrected chi connectivity index (χ4v) is 3.52. The highest BCUT2D eigenvalue weighted by Crippen LogP contribution is 2.49. The standard InChI is InChI=1S/C20H26N2O/c1-3-20(4-2,13-21)22-19(23)18-12-17(18)16-11-7-9-14-8-5-6-10-15(14)16/h5-11,17-18H,3-4,12-13,21H2,1-2H3,(H,22,23). The van der Waals surface area contributed by atoms with Gasteiger partial charge < -0.3 is 11.1 Å². The Morgan fingerprint density at radius 1 is 1.17 bits per heavy atom. The predicted octanol–water partition coefficient (Wildman–Crippen LogP) is 3.58. The van der Waals surface area contributed by atoms with E-state index in [4.69, 9.17) is 5.73 Å². The minimum Gasteiger partial charge on any atom is -0.349 e. The lowest BCUT2D eigenvalue weighted by molar-refractivity contribution is -0.124. The summed E-state index contributed by atoms with van der Waals surface area (Å²) in [5.41, 5.74) is 6.96. The van der Waals surface area contributed by atoms with Crippen LogP contribution in [0.3, 0.4) is 0 Å². The van der Waals surface area contributed by atoms with Gasteiger partial charge >= 0.3 is 0 Å². The van der Waals surface area contributed by atoms with E-state index in [0.29, 0.717) is 12.5 Å². The molecule has 2 aromatic carbocycles. The summed E-state index contributed by atoms with van der Waals surface area (Å²) in [4.78, 5) is 12.7. The molecule has 0 heterocycles. The molecule has 2 atom stereocenters. The van der Waals surface area contributed by atoms with Gasteiger partial charge in [-0.25, -0.2) is 0 Å². The maximum atomic E-state index is 12.7. The maximum Gasteiger partial charge on any atom is 0.224 e. The van der Waals surface area contributed by atoms with Crippen molar-refractivity contribution in [3.8, 4) is 0 Å². The summed E-state index contributed by atoms with van der Waals surface area (Å²) in [6.07, 6.45) is 2.68. The smallest absolute Gasteiger partial charge is 0.224 e. The van der Waals surface area contributed by atoms with Crippen LogP contribution in [0.2, 0.25) is 0 Å². The summed E-state index contributed by atoms with van der Waals surface area (Å²) in [7, 11) is 0. The van der Waals surface area contributed by atoms with Crippen molar-refractivity contribution in [1.82, 2.24) is 5.32 Å². The van der Waals surface area contributed by atoms with Crippen LogP contribution in [0, 0.1) is 5.92 Å². The van der Waals surface area contributed by atoms with Gasteiger partial charge in [-0.05, 0) is 41.5 Å². The number of hydrogen-bond donors (Lipinski definition) is 2. The molecule has 1 saturated carbocycles. The fraction of sp³-hybridized carbons (Fsp3) is 0.450. The van der Waals surface area contributed by atoms with Gasteiger partial charge in [0, 0.05) is 12.5 Å². The predicted molar refractivity (Wildman–Crippen MR) is 95.3 cm³/mol. The van der Waals surface area contributed by atoms with Gasteiger partial charge in [0.05, 0.1) is 5.54 Å². The van der Waals surface area contributed by atoms with Crippen LogP contribution in [-0.2, 0) is 4.79 Å². The number of benzene rings is 2. The van der Waals surface area contributed by atoms with E-state index in [2.05, 4.69) is 61.6 Å². The molecule has 122 valence electrons. The van der Waals surface area contributed by atoms with E-state index in [0.717, 1.165) is 19.3 Å². The van der Waals surface area contributed by atoms with Crippen molar-refractivity contribution < 1.29 is 4.79 Å². The summed E-state index contributed by atoms with van der Waals surface area (Å²) in [5.74, 6) is 0.590. The molecule has 0 bridgehead atoms. The second-order valence-corrected chi connectivity index (χ2v) is 6.70. The molecule has 1 fully saturated rings. The van der Waals surface area contributed by atoms with Crippen LogP contribution in [0.25, 0.3) is 10.8 Å².